The maximum atomic E-state index is 3.02. The summed E-state index contributed by atoms with van der Waals surface area (Å²) in [4.78, 5) is 0. The van der Waals surface area contributed by atoms with Crippen LogP contribution in [0.1, 0.15) is 16.2 Å². The van der Waals surface area contributed by atoms with Gasteiger partial charge < -0.3 is 5.32 Å². The van der Waals surface area contributed by atoms with Crippen molar-refractivity contribution in [2.45, 2.75) is 13.3 Å². The molecule has 1 heteroatoms. The molecule has 0 aromatic heterocycles. The van der Waals surface area contributed by atoms with E-state index in [9.17, 15) is 0 Å². The molecule has 5 heavy (non-hydrogen) atoms. The van der Waals surface area contributed by atoms with E-state index in [2.05, 4.69) is 12.2 Å². The van der Waals surface area contributed by atoms with Crippen LogP contribution in [0.4, 0.5) is 0 Å². The standard InChI is InChI=1S/C4H11N.2H2/c1-3-4-5-2;;/h5H,3-4H2,1-2H3;2*1H. The van der Waals surface area contributed by atoms with Gasteiger partial charge in [-0.1, -0.05) is 6.92 Å². The van der Waals surface area contributed by atoms with Crippen molar-refractivity contribution >= 4 is 0 Å². The first-order valence-electron chi connectivity index (χ1n) is 2.06. The van der Waals surface area contributed by atoms with Crippen molar-refractivity contribution in [3.05, 3.63) is 0 Å². The molecule has 0 bridgehead atoms. The van der Waals surface area contributed by atoms with Crippen LogP contribution in [0.5, 0.6) is 0 Å². The minimum absolute atomic E-state index is 0. The van der Waals surface area contributed by atoms with E-state index < -0.39 is 0 Å². The van der Waals surface area contributed by atoms with Crippen molar-refractivity contribution in [3.8, 4) is 0 Å². The van der Waals surface area contributed by atoms with Crippen LogP contribution in [0, 0.1) is 0 Å². The summed E-state index contributed by atoms with van der Waals surface area (Å²) < 4.78 is 0. The first-order chi connectivity index (χ1) is 2.41. The van der Waals surface area contributed by atoms with Crippen LogP contribution in [0.2, 0.25) is 0 Å². The lowest BCUT2D eigenvalue weighted by Crippen LogP contribution is -2.04. The Morgan fingerprint density at radius 1 is 1.80 bits per heavy atom. The molecule has 0 aromatic carbocycles. The largest absolute Gasteiger partial charge is 0.320 e. The normalized spacial score (nSPS) is 8.40. The van der Waals surface area contributed by atoms with E-state index in [1.807, 2.05) is 7.05 Å². The van der Waals surface area contributed by atoms with Gasteiger partial charge in [0, 0.05) is 2.85 Å². The highest BCUT2D eigenvalue weighted by atomic mass is 14.8. The molecular weight excluding hydrogens is 62.1 g/mol. The van der Waals surface area contributed by atoms with Gasteiger partial charge in [0.2, 0.25) is 0 Å². The van der Waals surface area contributed by atoms with Gasteiger partial charge in [0.05, 0.1) is 0 Å². The zero-order valence-corrected chi connectivity index (χ0v) is 3.91. The molecular formula is C4H15N. The van der Waals surface area contributed by atoms with E-state index in [4.69, 9.17) is 0 Å². The summed E-state index contributed by atoms with van der Waals surface area (Å²) in [5.74, 6) is 0. The fraction of sp³-hybridized carbons (Fsp3) is 1.00. The summed E-state index contributed by atoms with van der Waals surface area (Å²) in [6, 6.07) is 0. The highest BCUT2D eigenvalue weighted by Crippen LogP contribution is 1.62. The third-order valence-corrected chi connectivity index (χ3v) is 0.500. The quantitative estimate of drug-likeness (QED) is 0.520. The lowest BCUT2D eigenvalue weighted by molar-refractivity contribution is 0.772. The molecule has 0 saturated carbocycles. The second-order valence-electron chi connectivity index (χ2n) is 1.10. The van der Waals surface area contributed by atoms with Crippen LogP contribution >= 0.6 is 0 Å². The van der Waals surface area contributed by atoms with Crippen LogP contribution in [0.3, 0.4) is 0 Å². The van der Waals surface area contributed by atoms with Crippen molar-refractivity contribution < 1.29 is 2.85 Å². The van der Waals surface area contributed by atoms with Gasteiger partial charge >= 0.3 is 0 Å². The number of nitrogens with one attached hydrogen (secondary N) is 1. The van der Waals surface area contributed by atoms with Crippen LogP contribution in [-0.2, 0) is 0 Å². The van der Waals surface area contributed by atoms with Gasteiger partial charge in [0.25, 0.3) is 0 Å². The molecule has 0 aromatic rings. The Morgan fingerprint density at radius 2 is 2.40 bits per heavy atom. The predicted octanol–water partition coefficient (Wildman–Crippen LogP) is 1.11. The maximum absolute atomic E-state index is 3.02. The third-order valence-electron chi connectivity index (χ3n) is 0.500. The Hall–Kier alpha value is -0.0400. The van der Waals surface area contributed by atoms with Gasteiger partial charge in [-0.2, -0.15) is 0 Å². The Morgan fingerprint density at radius 3 is 2.40 bits per heavy atom. The van der Waals surface area contributed by atoms with Gasteiger partial charge in [0.15, 0.2) is 0 Å². The fourth-order valence-electron chi connectivity index (χ4n) is 0.250. The summed E-state index contributed by atoms with van der Waals surface area (Å²) in [5, 5.41) is 3.02. The third kappa shape index (κ3) is 3.96. The monoisotopic (exact) mass is 77.1 g/mol. The zero-order chi connectivity index (χ0) is 4.12. The second-order valence-corrected chi connectivity index (χ2v) is 1.10. The molecule has 1 N–H and O–H groups in total. The zero-order valence-electron chi connectivity index (χ0n) is 3.91. The topological polar surface area (TPSA) is 12.0 Å². The summed E-state index contributed by atoms with van der Waals surface area (Å²) >= 11 is 0. The van der Waals surface area contributed by atoms with E-state index in [0.29, 0.717) is 0 Å². The van der Waals surface area contributed by atoms with Crippen molar-refractivity contribution in [2.75, 3.05) is 13.6 Å². The number of hydrogen-bond acceptors (Lipinski definition) is 1. The van der Waals surface area contributed by atoms with E-state index in [1.165, 1.54) is 6.42 Å². The second kappa shape index (κ2) is 3.96. The van der Waals surface area contributed by atoms with Crippen molar-refractivity contribution in [2.24, 2.45) is 0 Å². The molecule has 0 atom stereocenters. The molecule has 0 spiro atoms. The molecule has 0 aliphatic carbocycles. The Bertz CT molecular complexity index is 17.2. The molecule has 0 amide bonds. The lowest BCUT2D eigenvalue weighted by Gasteiger charge is -1.84. The van der Waals surface area contributed by atoms with Crippen LogP contribution in [-0.4, -0.2) is 13.6 Å². The van der Waals surface area contributed by atoms with Crippen molar-refractivity contribution in [1.29, 1.82) is 0 Å². The Labute approximate surface area is 36.4 Å². The van der Waals surface area contributed by atoms with Crippen molar-refractivity contribution in [3.63, 3.8) is 0 Å². The molecule has 0 aliphatic heterocycles. The average molecular weight is 77.2 g/mol. The highest BCUT2D eigenvalue weighted by molar-refractivity contribution is 4.28. The predicted molar refractivity (Wildman–Crippen MR) is 28.4 cm³/mol. The highest BCUT2D eigenvalue weighted by Gasteiger charge is 1.64. The van der Waals surface area contributed by atoms with E-state index >= 15 is 0 Å². The van der Waals surface area contributed by atoms with Crippen molar-refractivity contribution in [1.82, 2.24) is 5.32 Å². The van der Waals surface area contributed by atoms with Crippen LogP contribution in [0.25, 0.3) is 0 Å². The van der Waals surface area contributed by atoms with Gasteiger partial charge in [0.1, 0.15) is 0 Å². The number of rotatable bonds is 2. The Balaban J connectivity index is -0.0000000800. The molecule has 0 unspecified atom stereocenters. The number of hydrogen-bond donors (Lipinski definition) is 1. The minimum Gasteiger partial charge on any atom is -0.320 e. The first-order valence-corrected chi connectivity index (χ1v) is 2.06. The lowest BCUT2D eigenvalue weighted by atomic mass is 10.5. The first kappa shape index (κ1) is 4.96. The van der Waals surface area contributed by atoms with Crippen LogP contribution in [0.15, 0.2) is 0 Å². The van der Waals surface area contributed by atoms with Gasteiger partial charge in [-0.15, -0.1) is 0 Å². The van der Waals surface area contributed by atoms with E-state index in [0.717, 1.165) is 6.54 Å². The average Bonchev–Trinajstić information content (AvgIpc) is 1.41. The molecule has 0 radical (unpaired) electrons. The summed E-state index contributed by atoms with van der Waals surface area (Å²) in [6.45, 7) is 3.29. The SMILES string of the molecule is CCCNC.[HH].[HH]. The van der Waals surface area contributed by atoms with Gasteiger partial charge in [-0.05, 0) is 20.0 Å². The molecule has 36 valence electrons. The molecule has 0 rings (SSSR count). The summed E-state index contributed by atoms with van der Waals surface area (Å²) in [6.07, 6.45) is 1.23. The molecule has 0 aliphatic rings. The fourth-order valence-corrected chi connectivity index (χ4v) is 0.250. The maximum Gasteiger partial charge on any atom is 0 e. The van der Waals surface area contributed by atoms with E-state index in [1.54, 1.807) is 0 Å². The smallest absolute Gasteiger partial charge is 0 e. The summed E-state index contributed by atoms with van der Waals surface area (Å²) in [7, 11) is 1.96. The molecule has 1 nitrogen and oxygen atoms in total. The minimum atomic E-state index is 0. The molecule has 0 saturated heterocycles. The summed E-state index contributed by atoms with van der Waals surface area (Å²) in [5.41, 5.74) is 0. The molecule has 0 fully saturated rings. The van der Waals surface area contributed by atoms with Gasteiger partial charge in [-0.3, -0.25) is 0 Å². The Kier molecular flexibility index (Phi) is 3.93. The van der Waals surface area contributed by atoms with E-state index in [-0.39, 0.29) is 2.85 Å². The van der Waals surface area contributed by atoms with Crippen LogP contribution < -0.4 is 5.32 Å². The van der Waals surface area contributed by atoms with Gasteiger partial charge in [-0.25, -0.2) is 0 Å². The molecule has 0 heterocycles.